The van der Waals surface area contributed by atoms with Crippen LogP contribution in [0.4, 0.5) is 0 Å². The van der Waals surface area contributed by atoms with Crippen molar-refractivity contribution in [3.8, 4) is 0 Å². The van der Waals surface area contributed by atoms with Crippen LogP contribution < -0.4 is 5.73 Å². The van der Waals surface area contributed by atoms with Gasteiger partial charge in [-0.1, -0.05) is 37.2 Å². The Balaban J connectivity index is 0.00000264. The number of nitrogens with two attached hydrogens (primary N) is 1. The number of nitrogens with zero attached hydrogens (tertiary/aromatic N) is 2. The number of thioether (sulfide) groups is 1. The maximum atomic E-state index is 12.0. The lowest BCUT2D eigenvalue weighted by atomic mass is 10.1. The summed E-state index contributed by atoms with van der Waals surface area (Å²) >= 11 is 7.00. The molecule has 5 nitrogen and oxygen atoms in total. The van der Waals surface area contributed by atoms with Crippen molar-refractivity contribution in [3.05, 3.63) is 40.7 Å². The van der Waals surface area contributed by atoms with Crippen molar-refractivity contribution in [1.82, 2.24) is 10.2 Å². The van der Waals surface area contributed by atoms with Crippen molar-refractivity contribution in [2.45, 2.75) is 31.5 Å². The molecule has 0 aliphatic carbocycles. The molecule has 0 fully saturated rings. The maximum absolute atomic E-state index is 12.0. The number of carbonyl (C=O) groups excluding carboxylic acids is 1. The Hall–Kier alpha value is -1.08. The van der Waals surface area contributed by atoms with Gasteiger partial charge in [-0.05, 0) is 36.6 Å². The average molecular weight is 376 g/mol. The van der Waals surface area contributed by atoms with E-state index in [0.717, 1.165) is 6.42 Å². The van der Waals surface area contributed by atoms with Crippen LogP contribution in [0.1, 0.15) is 42.6 Å². The molecule has 0 saturated carbocycles. The van der Waals surface area contributed by atoms with Gasteiger partial charge in [0.25, 0.3) is 5.22 Å². The van der Waals surface area contributed by atoms with E-state index in [1.54, 1.807) is 24.3 Å². The monoisotopic (exact) mass is 375 g/mol. The zero-order chi connectivity index (χ0) is 16.1. The molecular formula is C15H19Cl2N3O2S. The third kappa shape index (κ3) is 6.14. The third-order valence-corrected chi connectivity index (χ3v) is 4.03. The second kappa shape index (κ2) is 9.27. The highest BCUT2D eigenvalue weighted by Gasteiger charge is 2.17. The summed E-state index contributed by atoms with van der Waals surface area (Å²) in [5.41, 5.74) is 6.59. The molecule has 0 amide bonds. The van der Waals surface area contributed by atoms with Gasteiger partial charge in [0.1, 0.15) is 0 Å². The fourth-order valence-electron chi connectivity index (χ4n) is 1.88. The van der Waals surface area contributed by atoms with Crippen molar-refractivity contribution in [2.24, 2.45) is 11.7 Å². The van der Waals surface area contributed by atoms with E-state index in [1.165, 1.54) is 11.8 Å². The van der Waals surface area contributed by atoms with Crippen LogP contribution in [-0.4, -0.2) is 21.7 Å². The zero-order valence-electron chi connectivity index (χ0n) is 12.9. The molecule has 1 aromatic heterocycles. The number of aromatic nitrogens is 2. The van der Waals surface area contributed by atoms with Crippen molar-refractivity contribution in [2.75, 3.05) is 5.75 Å². The minimum Gasteiger partial charge on any atom is -0.414 e. The lowest BCUT2D eigenvalue weighted by molar-refractivity contribution is 0.102. The summed E-state index contributed by atoms with van der Waals surface area (Å²) in [5.74, 6) is 1.07. The molecular weight excluding hydrogens is 357 g/mol. The van der Waals surface area contributed by atoms with Gasteiger partial charge in [0.15, 0.2) is 5.78 Å². The molecule has 1 heterocycles. The number of halogens is 2. The highest BCUT2D eigenvalue weighted by molar-refractivity contribution is 7.99. The van der Waals surface area contributed by atoms with Crippen LogP contribution in [0.25, 0.3) is 0 Å². The Labute approximate surface area is 150 Å². The van der Waals surface area contributed by atoms with E-state index in [0.29, 0.717) is 27.6 Å². The molecule has 2 aromatic rings. The summed E-state index contributed by atoms with van der Waals surface area (Å²) < 4.78 is 5.49. The molecule has 0 aliphatic rings. The summed E-state index contributed by atoms with van der Waals surface area (Å²) in [7, 11) is 0. The van der Waals surface area contributed by atoms with Crippen molar-refractivity contribution in [3.63, 3.8) is 0 Å². The minimum atomic E-state index is -0.270. The topological polar surface area (TPSA) is 82.0 Å². The average Bonchev–Trinajstić information content (AvgIpc) is 2.94. The number of hydrogen-bond donors (Lipinski definition) is 1. The Bertz CT molecular complexity index is 632. The normalized spacial score (nSPS) is 12.0. The second-order valence-electron chi connectivity index (χ2n) is 5.36. The number of hydrogen-bond acceptors (Lipinski definition) is 6. The van der Waals surface area contributed by atoms with Crippen LogP contribution in [0.2, 0.25) is 5.02 Å². The molecule has 0 radical (unpaired) electrons. The summed E-state index contributed by atoms with van der Waals surface area (Å²) in [6.45, 7) is 4.16. The zero-order valence-corrected chi connectivity index (χ0v) is 15.2. The Morgan fingerprint density at radius 3 is 2.57 bits per heavy atom. The summed E-state index contributed by atoms with van der Waals surface area (Å²) in [6, 6.07) is 6.50. The first kappa shape index (κ1) is 20.0. The number of benzene rings is 1. The fraction of sp³-hybridized carbons (Fsp3) is 0.400. The molecule has 2 rings (SSSR count). The summed E-state index contributed by atoms with van der Waals surface area (Å²) in [5, 5.41) is 8.82. The van der Waals surface area contributed by atoms with E-state index in [-0.39, 0.29) is 30.0 Å². The second-order valence-corrected chi connectivity index (χ2v) is 6.72. The van der Waals surface area contributed by atoms with E-state index >= 15 is 0 Å². The number of rotatable bonds is 7. The lowest BCUT2D eigenvalue weighted by Crippen LogP contribution is -2.13. The van der Waals surface area contributed by atoms with E-state index < -0.39 is 0 Å². The first-order chi connectivity index (χ1) is 10.5. The van der Waals surface area contributed by atoms with Gasteiger partial charge < -0.3 is 10.2 Å². The standard InChI is InChI=1S/C15H18ClN3O2S.ClH/c1-9(2)7-12(17)14-18-19-15(21-14)22-8-13(20)10-3-5-11(16)6-4-10;/h3-6,9,12H,7-8,17H2,1-2H3;1H/t12-;/m1./s1. The number of ketones is 1. The van der Waals surface area contributed by atoms with Crippen LogP contribution >= 0.6 is 35.8 Å². The summed E-state index contributed by atoms with van der Waals surface area (Å²) in [4.78, 5) is 12.0. The predicted octanol–water partition coefficient (Wildman–Crippen LogP) is 4.17. The molecule has 0 saturated heterocycles. The molecule has 2 N–H and O–H groups in total. The smallest absolute Gasteiger partial charge is 0.277 e. The molecule has 1 atom stereocenters. The van der Waals surface area contributed by atoms with Gasteiger partial charge in [0, 0.05) is 10.6 Å². The molecule has 1 aromatic carbocycles. The van der Waals surface area contributed by atoms with Crippen LogP contribution in [0.5, 0.6) is 0 Å². The van der Waals surface area contributed by atoms with Gasteiger partial charge in [0.05, 0.1) is 11.8 Å². The Kier molecular flexibility index (Phi) is 8.05. The molecule has 126 valence electrons. The van der Waals surface area contributed by atoms with Crippen LogP contribution in [0.15, 0.2) is 33.9 Å². The van der Waals surface area contributed by atoms with E-state index in [2.05, 4.69) is 24.0 Å². The first-order valence-corrected chi connectivity index (χ1v) is 8.32. The van der Waals surface area contributed by atoms with Gasteiger partial charge in [-0.25, -0.2) is 0 Å². The molecule has 8 heteroatoms. The van der Waals surface area contributed by atoms with E-state index in [9.17, 15) is 4.79 Å². The van der Waals surface area contributed by atoms with Crippen LogP contribution in [0, 0.1) is 5.92 Å². The molecule has 0 unspecified atom stereocenters. The van der Waals surface area contributed by atoms with Gasteiger partial charge >= 0.3 is 0 Å². The molecule has 0 spiro atoms. The maximum Gasteiger partial charge on any atom is 0.277 e. The largest absolute Gasteiger partial charge is 0.414 e. The van der Waals surface area contributed by atoms with E-state index in [1.807, 2.05) is 0 Å². The summed E-state index contributed by atoms with van der Waals surface area (Å²) in [6.07, 6.45) is 0.774. The lowest BCUT2D eigenvalue weighted by Gasteiger charge is -2.08. The molecule has 23 heavy (non-hydrogen) atoms. The van der Waals surface area contributed by atoms with Gasteiger partial charge in [0.2, 0.25) is 5.89 Å². The fourth-order valence-corrected chi connectivity index (χ4v) is 2.67. The quantitative estimate of drug-likeness (QED) is 0.577. The number of Topliss-reactive ketones (excluding diaryl/α,β-unsaturated/α-hetero) is 1. The molecule has 0 bridgehead atoms. The predicted molar refractivity (Wildman–Crippen MR) is 94.4 cm³/mol. The van der Waals surface area contributed by atoms with Gasteiger partial charge in [-0.3, -0.25) is 4.79 Å². The third-order valence-electron chi connectivity index (χ3n) is 2.96. The highest BCUT2D eigenvalue weighted by atomic mass is 35.5. The van der Waals surface area contributed by atoms with Crippen molar-refractivity contribution < 1.29 is 9.21 Å². The molecule has 0 aliphatic heterocycles. The van der Waals surface area contributed by atoms with Crippen LogP contribution in [0.3, 0.4) is 0 Å². The Morgan fingerprint density at radius 1 is 1.30 bits per heavy atom. The van der Waals surface area contributed by atoms with Crippen molar-refractivity contribution >= 4 is 41.6 Å². The van der Waals surface area contributed by atoms with Gasteiger partial charge in [-0.15, -0.1) is 22.6 Å². The SMILES string of the molecule is CC(C)C[C@@H](N)c1nnc(SCC(=O)c2ccc(Cl)cc2)o1.Cl. The minimum absolute atomic E-state index is 0. The highest BCUT2D eigenvalue weighted by Crippen LogP contribution is 2.23. The van der Waals surface area contributed by atoms with Crippen molar-refractivity contribution in [1.29, 1.82) is 0 Å². The first-order valence-electron chi connectivity index (χ1n) is 6.96. The van der Waals surface area contributed by atoms with Crippen LogP contribution in [-0.2, 0) is 0 Å². The number of carbonyl (C=O) groups is 1. The Morgan fingerprint density at radius 2 is 1.96 bits per heavy atom. The van der Waals surface area contributed by atoms with Gasteiger partial charge in [-0.2, -0.15) is 0 Å². The van der Waals surface area contributed by atoms with E-state index in [4.69, 9.17) is 21.8 Å².